The van der Waals surface area contributed by atoms with Gasteiger partial charge in [-0.05, 0) is 37.0 Å². The smallest absolute Gasteiger partial charge is 0.164 e. The van der Waals surface area contributed by atoms with Gasteiger partial charge < -0.3 is 4.74 Å². The lowest BCUT2D eigenvalue weighted by atomic mass is 9.87. The van der Waals surface area contributed by atoms with Crippen LogP contribution in [0.3, 0.4) is 0 Å². The second-order valence-electron chi connectivity index (χ2n) is 9.06. The SMILES string of the molecule is COc1ccc(CCN2[C@H](CC(=O)c3ccccc3)CCC[C@H]2CC(=O)c2ccccc2)cc1. The molecule has 34 heavy (non-hydrogen) atoms. The molecule has 0 spiro atoms. The highest BCUT2D eigenvalue weighted by atomic mass is 16.5. The molecule has 1 aliphatic rings. The van der Waals surface area contributed by atoms with Crippen molar-refractivity contribution in [1.29, 1.82) is 0 Å². The van der Waals surface area contributed by atoms with Crippen molar-refractivity contribution in [3.05, 3.63) is 102 Å². The Bertz CT molecular complexity index is 1000. The van der Waals surface area contributed by atoms with E-state index in [1.54, 1.807) is 7.11 Å². The molecule has 4 rings (SSSR count). The zero-order valence-electron chi connectivity index (χ0n) is 19.9. The third-order valence-corrected chi connectivity index (χ3v) is 6.86. The van der Waals surface area contributed by atoms with Crippen LogP contribution < -0.4 is 4.74 Å². The van der Waals surface area contributed by atoms with E-state index >= 15 is 0 Å². The quantitative estimate of drug-likeness (QED) is 0.352. The summed E-state index contributed by atoms with van der Waals surface area (Å²) in [4.78, 5) is 28.5. The normalized spacial score (nSPS) is 18.4. The summed E-state index contributed by atoms with van der Waals surface area (Å²) in [5, 5.41) is 0. The second-order valence-corrected chi connectivity index (χ2v) is 9.06. The lowest BCUT2D eigenvalue weighted by molar-refractivity contribution is 0.0596. The molecule has 4 heteroatoms. The number of Topliss-reactive ketones (excluding diaryl/α,β-unsaturated/α-hetero) is 2. The van der Waals surface area contributed by atoms with Crippen LogP contribution in [0.5, 0.6) is 5.75 Å². The van der Waals surface area contributed by atoms with Crippen LogP contribution in [0.2, 0.25) is 0 Å². The standard InChI is InChI=1S/C30H33NO3/c1-34-28-17-15-23(16-18-28)19-20-31-26(21-29(32)24-9-4-2-5-10-24)13-8-14-27(31)22-30(33)25-11-6-3-7-12-25/h2-7,9-12,15-18,26-27H,8,13-14,19-22H2,1H3/t26-,27-/m0/s1. The number of rotatable bonds is 10. The van der Waals surface area contributed by atoms with E-state index < -0.39 is 0 Å². The van der Waals surface area contributed by atoms with E-state index in [0.29, 0.717) is 12.8 Å². The Hall–Kier alpha value is -3.24. The molecule has 0 radical (unpaired) electrons. The molecule has 2 atom stereocenters. The van der Waals surface area contributed by atoms with Gasteiger partial charge in [0.1, 0.15) is 5.75 Å². The molecule has 0 unspecified atom stereocenters. The molecule has 1 saturated heterocycles. The van der Waals surface area contributed by atoms with Gasteiger partial charge in [0.05, 0.1) is 7.11 Å². The molecule has 1 heterocycles. The van der Waals surface area contributed by atoms with Gasteiger partial charge in [0.15, 0.2) is 11.6 Å². The molecule has 3 aromatic carbocycles. The molecule has 0 aliphatic carbocycles. The molecule has 176 valence electrons. The largest absolute Gasteiger partial charge is 0.497 e. The molecule has 3 aromatic rings. The van der Waals surface area contributed by atoms with Crippen molar-refractivity contribution in [2.75, 3.05) is 13.7 Å². The summed E-state index contributed by atoms with van der Waals surface area (Å²) in [6, 6.07) is 27.5. The van der Waals surface area contributed by atoms with Crippen LogP contribution in [0.1, 0.15) is 58.4 Å². The maximum Gasteiger partial charge on any atom is 0.164 e. The molecule has 0 N–H and O–H groups in total. The first-order valence-electron chi connectivity index (χ1n) is 12.2. The van der Waals surface area contributed by atoms with E-state index in [1.807, 2.05) is 72.8 Å². The topological polar surface area (TPSA) is 46.6 Å². The van der Waals surface area contributed by atoms with Crippen LogP contribution >= 0.6 is 0 Å². The summed E-state index contributed by atoms with van der Waals surface area (Å²) in [7, 11) is 1.67. The van der Waals surface area contributed by atoms with E-state index in [1.165, 1.54) is 5.56 Å². The predicted octanol–water partition coefficient (Wildman–Crippen LogP) is 6.01. The lowest BCUT2D eigenvalue weighted by Crippen LogP contribution is -2.49. The van der Waals surface area contributed by atoms with Gasteiger partial charge in [0.2, 0.25) is 0 Å². The fourth-order valence-corrected chi connectivity index (χ4v) is 4.98. The van der Waals surface area contributed by atoms with Crippen molar-refractivity contribution in [3.8, 4) is 5.75 Å². The molecule has 0 bridgehead atoms. The van der Waals surface area contributed by atoms with Crippen molar-refractivity contribution >= 4 is 11.6 Å². The number of ketones is 2. The highest BCUT2D eigenvalue weighted by Crippen LogP contribution is 2.29. The summed E-state index contributed by atoms with van der Waals surface area (Å²) >= 11 is 0. The minimum absolute atomic E-state index is 0.147. The Morgan fingerprint density at radius 2 is 1.26 bits per heavy atom. The summed E-state index contributed by atoms with van der Waals surface area (Å²) in [6.07, 6.45) is 4.86. The van der Waals surface area contributed by atoms with Crippen molar-refractivity contribution in [3.63, 3.8) is 0 Å². The Morgan fingerprint density at radius 1 is 0.765 bits per heavy atom. The Kier molecular flexibility index (Phi) is 8.26. The minimum Gasteiger partial charge on any atom is -0.497 e. The van der Waals surface area contributed by atoms with E-state index in [-0.39, 0.29) is 23.7 Å². The van der Waals surface area contributed by atoms with Gasteiger partial charge in [-0.25, -0.2) is 0 Å². The third-order valence-electron chi connectivity index (χ3n) is 6.86. The van der Waals surface area contributed by atoms with Gasteiger partial charge in [-0.3, -0.25) is 14.5 Å². The number of benzene rings is 3. The van der Waals surface area contributed by atoms with Gasteiger partial charge in [-0.2, -0.15) is 0 Å². The van der Waals surface area contributed by atoms with Crippen LogP contribution in [0.25, 0.3) is 0 Å². The molecule has 1 aliphatic heterocycles. The molecule has 1 fully saturated rings. The fourth-order valence-electron chi connectivity index (χ4n) is 4.98. The minimum atomic E-state index is 0.147. The zero-order chi connectivity index (χ0) is 23.8. The Balaban J connectivity index is 1.50. The molecular weight excluding hydrogens is 422 g/mol. The summed E-state index contributed by atoms with van der Waals surface area (Å²) < 4.78 is 5.28. The number of nitrogens with zero attached hydrogens (tertiary/aromatic N) is 1. The van der Waals surface area contributed by atoms with Crippen molar-refractivity contribution in [2.45, 2.75) is 50.6 Å². The number of carbonyl (C=O) groups excluding carboxylic acids is 2. The number of hydrogen-bond acceptors (Lipinski definition) is 4. The van der Waals surface area contributed by atoms with E-state index in [2.05, 4.69) is 17.0 Å². The Labute approximate surface area is 202 Å². The van der Waals surface area contributed by atoms with Crippen molar-refractivity contribution in [2.24, 2.45) is 0 Å². The average molecular weight is 456 g/mol. The number of hydrogen-bond donors (Lipinski definition) is 0. The summed E-state index contributed by atoms with van der Waals surface area (Å²) in [5.74, 6) is 1.20. The van der Waals surface area contributed by atoms with Crippen molar-refractivity contribution < 1.29 is 14.3 Å². The fraction of sp³-hybridized carbons (Fsp3) is 0.333. The number of ether oxygens (including phenoxy) is 1. The predicted molar refractivity (Wildman–Crippen MR) is 136 cm³/mol. The van der Waals surface area contributed by atoms with Crippen LogP contribution in [-0.2, 0) is 6.42 Å². The average Bonchev–Trinajstić information content (AvgIpc) is 2.89. The highest BCUT2D eigenvalue weighted by molar-refractivity contribution is 5.97. The highest BCUT2D eigenvalue weighted by Gasteiger charge is 2.33. The first-order valence-corrected chi connectivity index (χ1v) is 12.2. The van der Waals surface area contributed by atoms with Gasteiger partial charge in [0, 0.05) is 42.6 Å². The van der Waals surface area contributed by atoms with Gasteiger partial charge in [-0.15, -0.1) is 0 Å². The lowest BCUT2D eigenvalue weighted by Gasteiger charge is -2.42. The molecule has 0 amide bonds. The number of methoxy groups -OCH3 is 1. The maximum absolute atomic E-state index is 13.0. The third kappa shape index (κ3) is 6.21. The first-order chi connectivity index (χ1) is 16.6. The van der Waals surface area contributed by atoms with Crippen LogP contribution in [0, 0.1) is 0 Å². The zero-order valence-corrected chi connectivity index (χ0v) is 19.9. The van der Waals surface area contributed by atoms with E-state index in [4.69, 9.17) is 4.74 Å². The van der Waals surface area contributed by atoms with Crippen molar-refractivity contribution in [1.82, 2.24) is 4.90 Å². The monoisotopic (exact) mass is 455 g/mol. The van der Waals surface area contributed by atoms with Gasteiger partial charge in [0.25, 0.3) is 0 Å². The van der Waals surface area contributed by atoms with Crippen LogP contribution in [0.4, 0.5) is 0 Å². The van der Waals surface area contributed by atoms with Gasteiger partial charge in [-0.1, -0.05) is 79.2 Å². The molecule has 0 saturated carbocycles. The Morgan fingerprint density at radius 3 is 1.74 bits per heavy atom. The second kappa shape index (κ2) is 11.8. The summed E-state index contributed by atoms with van der Waals surface area (Å²) in [6.45, 7) is 0.825. The van der Waals surface area contributed by atoms with Gasteiger partial charge >= 0.3 is 0 Å². The first kappa shape index (κ1) is 23.9. The number of carbonyl (C=O) groups is 2. The molecule has 4 nitrogen and oxygen atoms in total. The summed E-state index contributed by atoms with van der Waals surface area (Å²) in [5.41, 5.74) is 2.76. The van der Waals surface area contributed by atoms with E-state index in [9.17, 15) is 9.59 Å². The molecular formula is C30H33NO3. The maximum atomic E-state index is 13.0. The van der Waals surface area contributed by atoms with Crippen LogP contribution in [-0.4, -0.2) is 42.2 Å². The molecule has 0 aromatic heterocycles. The van der Waals surface area contributed by atoms with E-state index in [0.717, 1.165) is 49.1 Å². The van der Waals surface area contributed by atoms with Crippen LogP contribution in [0.15, 0.2) is 84.9 Å². The number of piperidine rings is 1. The number of likely N-dealkylation sites (tertiary alicyclic amines) is 1.